The van der Waals surface area contributed by atoms with E-state index in [0.29, 0.717) is 0 Å². The molecule has 96 valence electrons. The summed E-state index contributed by atoms with van der Waals surface area (Å²) in [4.78, 5) is 0. The van der Waals surface area contributed by atoms with E-state index in [4.69, 9.17) is 0 Å². The van der Waals surface area contributed by atoms with E-state index >= 15 is 0 Å². The van der Waals surface area contributed by atoms with E-state index in [1.165, 1.54) is 19.3 Å². The van der Waals surface area contributed by atoms with Crippen LogP contribution in [0.3, 0.4) is 0 Å². The fraction of sp³-hybridized carbons (Fsp3) is 1.00. The molecule has 2 fully saturated rings. The van der Waals surface area contributed by atoms with Gasteiger partial charge in [0.15, 0.2) is 0 Å². The van der Waals surface area contributed by atoms with Gasteiger partial charge in [0.25, 0.3) is 0 Å². The number of hydrogen-bond donors (Lipinski definition) is 0. The van der Waals surface area contributed by atoms with E-state index in [-0.39, 0.29) is 0 Å². The third-order valence-electron chi connectivity index (χ3n) is 5.10. The molecule has 0 nitrogen and oxygen atoms in total. The Morgan fingerprint density at radius 3 is 2.12 bits per heavy atom. The van der Waals surface area contributed by atoms with Crippen molar-refractivity contribution < 1.29 is 0 Å². The van der Waals surface area contributed by atoms with Crippen molar-refractivity contribution in [3.8, 4) is 0 Å². The van der Waals surface area contributed by atoms with Gasteiger partial charge in [-0.2, -0.15) is 0 Å². The monoisotopic (exact) mass is 224 g/mol. The van der Waals surface area contributed by atoms with Crippen LogP contribution in [0.25, 0.3) is 0 Å². The Morgan fingerprint density at radius 1 is 1.12 bits per heavy atom. The Labute approximate surface area is 103 Å². The van der Waals surface area contributed by atoms with Crippen LogP contribution in [0.5, 0.6) is 0 Å². The van der Waals surface area contributed by atoms with Crippen molar-refractivity contribution in [1.29, 1.82) is 0 Å². The van der Waals surface area contributed by atoms with E-state index in [2.05, 4.69) is 20.8 Å². The first-order chi connectivity index (χ1) is 7.67. The lowest BCUT2D eigenvalue weighted by Gasteiger charge is -2.51. The summed E-state index contributed by atoms with van der Waals surface area (Å²) in [7, 11) is 0. The molecule has 0 saturated heterocycles. The molecule has 2 aliphatic rings. The summed E-state index contributed by atoms with van der Waals surface area (Å²) in [5.41, 5.74) is 0.839. The van der Waals surface area contributed by atoms with Crippen LogP contribution in [0, 0.1) is 23.2 Å². The van der Waals surface area contributed by atoms with Gasteiger partial charge in [-0.05, 0) is 55.3 Å². The van der Waals surface area contributed by atoms with E-state index in [1.807, 2.05) is 13.8 Å². The third-order valence-corrected chi connectivity index (χ3v) is 5.10. The van der Waals surface area contributed by atoms with Crippen LogP contribution in [0.15, 0.2) is 0 Å². The molecule has 0 aromatic rings. The first-order valence-electron chi connectivity index (χ1n) is 7.67. The zero-order chi connectivity index (χ0) is 12.2. The SMILES string of the molecule is CC.CCC1CC2(CCC2)CCC1C(C)C. The van der Waals surface area contributed by atoms with Crippen molar-refractivity contribution >= 4 is 0 Å². The highest BCUT2D eigenvalue weighted by atomic mass is 14.5. The first kappa shape index (κ1) is 14.1. The van der Waals surface area contributed by atoms with Crippen LogP contribution in [-0.4, -0.2) is 0 Å². The van der Waals surface area contributed by atoms with Crippen molar-refractivity contribution in [2.45, 2.75) is 79.6 Å². The second kappa shape index (κ2) is 6.07. The van der Waals surface area contributed by atoms with Gasteiger partial charge in [-0.3, -0.25) is 0 Å². The van der Waals surface area contributed by atoms with Gasteiger partial charge < -0.3 is 0 Å². The summed E-state index contributed by atoms with van der Waals surface area (Å²) in [6.07, 6.45) is 10.7. The lowest BCUT2D eigenvalue weighted by molar-refractivity contribution is 0.00125. The second-order valence-corrected chi connectivity index (χ2v) is 6.17. The van der Waals surface area contributed by atoms with Crippen LogP contribution in [0.2, 0.25) is 0 Å². The molecule has 2 saturated carbocycles. The smallest absolute Gasteiger partial charge is 0.0295 e. The van der Waals surface area contributed by atoms with Gasteiger partial charge in [-0.15, -0.1) is 0 Å². The van der Waals surface area contributed by atoms with Gasteiger partial charge in [0.2, 0.25) is 0 Å². The molecular weight excluding hydrogens is 192 g/mol. The molecule has 0 amide bonds. The van der Waals surface area contributed by atoms with Gasteiger partial charge in [0, 0.05) is 0 Å². The Kier molecular flexibility index (Phi) is 5.34. The minimum absolute atomic E-state index is 0.839. The lowest BCUT2D eigenvalue weighted by atomic mass is 9.54. The maximum atomic E-state index is 2.42. The normalized spacial score (nSPS) is 31.9. The maximum absolute atomic E-state index is 2.42. The Hall–Kier alpha value is 0. The zero-order valence-corrected chi connectivity index (χ0v) is 12.2. The van der Waals surface area contributed by atoms with E-state index in [9.17, 15) is 0 Å². The summed E-state index contributed by atoms with van der Waals surface area (Å²) in [5.74, 6) is 2.99. The van der Waals surface area contributed by atoms with Crippen LogP contribution in [-0.2, 0) is 0 Å². The van der Waals surface area contributed by atoms with Crippen molar-refractivity contribution in [3.05, 3.63) is 0 Å². The zero-order valence-electron chi connectivity index (χ0n) is 12.2. The van der Waals surface area contributed by atoms with Crippen LogP contribution in [0.4, 0.5) is 0 Å². The predicted octanol–water partition coefficient (Wildman–Crippen LogP) is 5.67. The van der Waals surface area contributed by atoms with Gasteiger partial charge in [0.05, 0.1) is 0 Å². The van der Waals surface area contributed by atoms with Crippen LogP contribution in [0.1, 0.15) is 79.6 Å². The maximum Gasteiger partial charge on any atom is -0.0295 e. The molecule has 0 radical (unpaired) electrons. The molecule has 1 spiro atoms. The molecule has 2 aliphatic carbocycles. The molecule has 2 atom stereocenters. The number of hydrogen-bond acceptors (Lipinski definition) is 0. The van der Waals surface area contributed by atoms with Crippen molar-refractivity contribution in [1.82, 2.24) is 0 Å². The molecule has 2 rings (SSSR count). The van der Waals surface area contributed by atoms with Gasteiger partial charge >= 0.3 is 0 Å². The van der Waals surface area contributed by atoms with E-state index in [1.54, 1.807) is 25.7 Å². The molecule has 0 aromatic heterocycles. The minimum Gasteiger partial charge on any atom is -0.0683 e. The Bertz CT molecular complexity index is 188. The summed E-state index contributed by atoms with van der Waals surface area (Å²) in [6, 6.07) is 0. The quantitative estimate of drug-likeness (QED) is 0.567. The standard InChI is InChI=1S/C14H26.C2H6/c1-4-12-10-14(7-5-8-14)9-6-13(12)11(2)3;1-2/h11-13H,4-10H2,1-3H3;1-2H3. The van der Waals surface area contributed by atoms with Gasteiger partial charge in [0.1, 0.15) is 0 Å². The summed E-state index contributed by atoms with van der Waals surface area (Å²) < 4.78 is 0. The van der Waals surface area contributed by atoms with Crippen molar-refractivity contribution in [2.24, 2.45) is 23.2 Å². The molecule has 0 heterocycles. The average molecular weight is 224 g/mol. The second-order valence-electron chi connectivity index (χ2n) is 6.17. The molecule has 16 heavy (non-hydrogen) atoms. The minimum atomic E-state index is 0.839. The highest BCUT2D eigenvalue weighted by Crippen LogP contribution is 2.56. The van der Waals surface area contributed by atoms with Gasteiger partial charge in [-0.1, -0.05) is 47.5 Å². The van der Waals surface area contributed by atoms with Crippen LogP contribution < -0.4 is 0 Å². The Balaban J connectivity index is 0.000000606. The topological polar surface area (TPSA) is 0 Å². The average Bonchev–Trinajstić information content (AvgIpc) is 2.28. The van der Waals surface area contributed by atoms with E-state index in [0.717, 1.165) is 23.2 Å². The van der Waals surface area contributed by atoms with Crippen LogP contribution >= 0.6 is 0 Å². The molecule has 2 unspecified atom stereocenters. The first-order valence-corrected chi connectivity index (χ1v) is 7.67. The van der Waals surface area contributed by atoms with Crippen molar-refractivity contribution in [2.75, 3.05) is 0 Å². The molecule has 0 heteroatoms. The predicted molar refractivity (Wildman–Crippen MR) is 73.6 cm³/mol. The largest absolute Gasteiger partial charge is 0.0683 e. The summed E-state index contributed by atoms with van der Waals surface area (Å²) in [5, 5.41) is 0. The molecule has 0 aliphatic heterocycles. The molecule has 0 aromatic carbocycles. The number of rotatable bonds is 2. The van der Waals surface area contributed by atoms with Crippen molar-refractivity contribution in [3.63, 3.8) is 0 Å². The molecular formula is C16H32. The highest BCUT2D eigenvalue weighted by Gasteiger charge is 2.44. The fourth-order valence-corrected chi connectivity index (χ4v) is 3.97. The lowest BCUT2D eigenvalue weighted by Crippen LogP contribution is -2.39. The molecule has 0 N–H and O–H groups in total. The summed E-state index contributed by atoms with van der Waals surface area (Å²) in [6.45, 7) is 11.2. The highest BCUT2D eigenvalue weighted by molar-refractivity contribution is 4.95. The van der Waals surface area contributed by atoms with E-state index < -0.39 is 0 Å². The molecule has 0 bridgehead atoms. The third kappa shape index (κ3) is 2.81. The van der Waals surface area contributed by atoms with Gasteiger partial charge in [-0.25, -0.2) is 0 Å². The summed E-state index contributed by atoms with van der Waals surface area (Å²) >= 11 is 0. The Morgan fingerprint density at radius 2 is 1.75 bits per heavy atom. The fourth-order valence-electron chi connectivity index (χ4n) is 3.97.